The molecular weight excluding hydrogens is 245 g/mol. The smallest absolute Gasteiger partial charge is 0.154 e. The average molecular weight is 261 g/mol. The number of hydrogen-bond acceptors (Lipinski definition) is 3. The number of nitrogen functional groups attached to an aromatic ring is 1. The third-order valence-electron chi connectivity index (χ3n) is 2.70. The van der Waals surface area contributed by atoms with E-state index in [0.717, 1.165) is 0 Å². The Bertz CT molecular complexity index is 584. The molecule has 100 valence electrons. The van der Waals surface area contributed by atoms with Crippen LogP contribution in [0.4, 0.5) is 10.1 Å². The topological polar surface area (TPSA) is 44.5 Å². The number of halogens is 1. The summed E-state index contributed by atoms with van der Waals surface area (Å²) in [5, 5.41) is 0. The largest absolute Gasteiger partial charge is 0.492 e. The van der Waals surface area contributed by atoms with Gasteiger partial charge in [0.25, 0.3) is 0 Å². The van der Waals surface area contributed by atoms with E-state index in [-0.39, 0.29) is 5.82 Å². The van der Waals surface area contributed by atoms with Crippen LogP contribution >= 0.6 is 0 Å². The predicted octanol–water partition coefficient (Wildman–Crippen LogP) is 3.91. The summed E-state index contributed by atoms with van der Waals surface area (Å²) >= 11 is 0. The van der Waals surface area contributed by atoms with E-state index in [0.29, 0.717) is 35.1 Å². The van der Waals surface area contributed by atoms with Crippen LogP contribution < -0.4 is 15.2 Å². The molecule has 0 aliphatic carbocycles. The first kappa shape index (κ1) is 13.2. The Balaban J connectivity index is 2.27. The SMILES string of the molecule is CCOc1cccc(Oc2ccc(C)c(F)c2)c1N. The molecular formula is C15H16FNO2. The van der Waals surface area contributed by atoms with Gasteiger partial charge in [0.15, 0.2) is 5.75 Å². The van der Waals surface area contributed by atoms with Crippen LogP contribution in [0.5, 0.6) is 17.2 Å². The summed E-state index contributed by atoms with van der Waals surface area (Å²) in [6, 6.07) is 9.96. The number of anilines is 1. The maximum Gasteiger partial charge on any atom is 0.154 e. The zero-order valence-electron chi connectivity index (χ0n) is 10.9. The average Bonchev–Trinajstić information content (AvgIpc) is 2.39. The number of nitrogens with two attached hydrogens (primary N) is 1. The van der Waals surface area contributed by atoms with Gasteiger partial charge in [0.2, 0.25) is 0 Å². The Labute approximate surface area is 111 Å². The highest BCUT2D eigenvalue weighted by atomic mass is 19.1. The summed E-state index contributed by atoms with van der Waals surface area (Å²) < 4.78 is 24.4. The molecule has 0 amide bonds. The zero-order valence-corrected chi connectivity index (χ0v) is 10.9. The molecule has 0 radical (unpaired) electrons. The van der Waals surface area contributed by atoms with Crippen LogP contribution in [0.15, 0.2) is 36.4 Å². The second-order valence-electron chi connectivity index (χ2n) is 4.11. The van der Waals surface area contributed by atoms with Crippen LogP contribution in [0.25, 0.3) is 0 Å². The third kappa shape index (κ3) is 2.96. The van der Waals surface area contributed by atoms with Gasteiger partial charge in [0, 0.05) is 6.07 Å². The lowest BCUT2D eigenvalue weighted by atomic mass is 10.2. The minimum absolute atomic E-state index is 0.308. The molecule has 0 atom stereocenters. The number of hydrogen-bond donors (Lipinski definition) is 1. The van der Waals surface area contributed by atoms with Crippen molar-refractivity contribution in [1.29, 1.82) is 0 Å². The van der Waals surface area contributed by atoms with Gasteiger partial charge in [0.1, 0.15) is 23.0 Å². The van der Waals surface area contributed by atoms with Crippen LogP contribution in [0.1, 0.15) is 12.5 Å². The Morgan fingerprint density at radius 2 is 1.89 bits per heavy atom. The quantitative estimate of drug-likeness (QED) is 0.849. The molecule has 0 aromatic heterocycles. The molecule has 0 saturated heterocycles. The van der Waals surface area contributed by atoms with Crippen molar-refractivity contribution in [3.8, 4) is 17.2 Å². The lowest BCUT2D eigenvalue weighted by molar-refractivity contribution is 0.340. The summed E-state index contributed by atoms with van der Waals surface area (Å²) in [7, 11) is 0. The third-order valence-corrected chi connectivity index (χ3v) is 2.70. The van der Waals surface area contributed by atoms with Gasteiger partial charge >= 0.3 is 0 Å². The molecule has 0 saturated carbocycles. The van der Waals surface area contributed by atoms with Crippen molar-refractivity contribution in [3.05, 3.63) is 47.8 Å². The first-order chi connectivity index (χ1) is 9.11. The van der Waals surface area contributed by atoms with Gasteiger partial charge in [-0.15, -0.1) is 0 Å². The monoisotopic (exact) mass is 261 g/mol. The first-order valence-electron chi connectivity index (χ1n) is 6.07. The van der Waals surface area contributed by atoms with E-state index in [4.69, 9.17) is 15.2 Å². The molecule has 0 spiro atoms. The number of para-hydroxylation sites is 1. The van der Waals surface area contributed by atoms with Crippen molar-refractivity contribution in [2.75, 3.05) is 12.3 Å². The second-order valence-corrected chi connectivity index (χ2v) is 4.11. The van der Waals surface area contributed by atoms with Crippen molar-refractivity contribution in [2.24, 2.45) is 0 Å². The van der Waals surface area contributed by atoms with Gasteiger partial charge in [-0.1, -0.05) is 12.1 Å². The number of rotatable bonds is 4. The lowest BCUT2D eigenvalue weighted by Gasteiger charge is -2.12. The molecule has 4 heteroatoms. The van der Waals surface area contributed by atoms with Crippen LogP contribution in [-0.2, 0) is 0 Å². The van der Waals surface area contributed by atoms with Crippen molar-refractivity contribution in [3.63, 3.8) is 0 Å². The molecule has 19 heavy (non-hydrogen) atoms. The molecule has 0 unspecified atom stereocenters. The van der Waals surface area contributed by atoms with Gasteiger partial charge < -0.3 is 15.2 Å². The second kappa shape index (κ2) is 5.61. The molecule has 2 N–H and O–H groups in total. The molecule has 0 bridgehead atoms. The van der Waals surface area contributed by atoms with Crippen molar-refractivity contribution >= 4 is 5.69 Å². The van der Waals surface area contributed by atoms with Gasteiger partial charge in [-0.2, -0.15) is 0 Å². The highest BCUT2D eigenvalue weighted by Gasteiger charge is 2.08. The fraction of sp³-hybridized carbons (Fsp3) is 0.200. The van der Waals surface area contributed by atoms with Crippen LogP contribution in [0.3, 0.4) is 0 Å². The van der Waals surface area contributed by atoms with Crippen molar-refractivity contribution in [1.82, 2.24) is 0 Å². The molecule has 0 aliphatic rings. The number of benzene rings is 2. The van der Waals surface area contributed by atoms with Gasteiger partial charge in [-0.3, -0.25) is 0 Å². The summed E-state index contributed by atoms with van der Waals surface area (Å²) in [4.78, 5) is 0. The summed E-state index contributed by atoms with van der Waals surface area (Å²) in [6.45, 7) is 4.10. The summed E-state index contributed by atoms with van der Waals surface area (Å²) in [5.41, 5.74) is 6.92. The van der Waals surface area contributed by atoms with Gasteiger partial charge in [-0.25, -0.2) is 4.39 Å². The molecule has 2 aromatic rings. The van der Waals surface area contributed by atoms with E-state index in [1.165, 1.54) is 6.07 Å². The Kier molecular flexibility index (Phi) is 3.90. The van der Waals surface area contributed by atoms with Gasteiger partial charge in [-0.05, 0) is 37.6 Å². The summed E-state index contributed by atoms with van der Waals surface area (Å²) in [5.74, 6) is 1.11. The molecule has 0 fully saturated rings. The van der Waals surface area contributed by atoms with Crippen LogP contribution in [0.2, 0.25) is 0 Å². The zero-order chi connectivity index (χ0) is 13.8. The maximum atomic E-state index is 13.4. The molecule has 0 aliphatic heterocycles. The van der Waals surface area contributed by atoms with E-state index >= 15 is 0 Å². The lowest BCUT2D eigenvalue weighted by Crippen LogP contribution is -1.99. The predicted molar refractivity (Wildman–Crippen MR) is 73.2 cm³/mol. The van der Waals surface area contributed by atoms with Gasteiger partial charge in [0.05, 0.1) is 6.61 Å². The molecule has 2 rings (SSSR count). The molecule has 3 nitrogen and oxygen atoms in total. The maximum absolute atomic E-state index is 13.4. The van der Waals surface area contributed by atoms with E-state index in [2.05, 4.69) is 0 Å². The van der Waals surface area contributed by atoms with Crippen molar-refractivity contribution < 1.29 is 13.9 Å². The molecule has 2 aromatic carbocycles. The number of ether oxygens (including phenoxy) is 2. The fourth-order valence-corrected chi connectivity index (χ4v) is 1.66. The molecule has 0 heterocycles. The van der Waals surface area contributed by atoms with E-state index in [1.54, 1.807) is 37.3 Å². The normalized spacial score (nSPS) is 10.3. The fourth-order valence-electron chi connectivity index (χ4n) is 1.66. The van der Waals surface area contributed by atoms with E-state index in [1.807, 2.05) is 6.92 Å². The van der Waals surface area contributed by atoms with E-state index < -0.39 is 0 Å². The summed E-state index contributed by atoms with van der Waals surface area (Å²) in [6.07, 6.45) is 0. The Morgan fingerprint density at radius 1 is 1.16 bits per heavy atom. The Morgan fingerprint density at radius 3 is 2.58 bits per heavy atom. The van der Waals surface area contributed by atoms with Crippen molar-refractivity contribution in [2.45, 2.75) is 13.8 Å². The Hall–Kier alpha value is -2.23. The minimum Gasteiger partial charge on any atom is -0.492 e. The minimum atomic E-state index is -0.308. The standard InChI is InChI=1S/C15H16FNO2/c1-3-18-13-5-4-6-14(15(13)17)19-11-8-7-10(2)12(16)9-11/h4-9H,3,17H2,1-2H3. The van der Waals surface area contributed by atoms with E-state index in [9.17, 15) is 4.39 Å². The highest BCUT2D eigenvalue weighted by molar-refractivity contribution is 5.63. The van der Waals surface area contributed by atoms with Crippen LogP contribution in [0, 0.1) is 12.7 Å². The number of aryl methyl sites for hydroxylation is 1. The first-order valence-corrected chi connectivity index (χ1v) is 6.07. The van der Waals surface area contributed by atoms with Crippen LogP contribution in [-0.4, -0.2) is 6.61 Å². The highest BCUT2D eigenvalue weighted by Crippen LogP contribution is 2.34.